The van der Waals surface area contributed by atoms with Gasteiger partial charge in [0.05, 0.1) is 13.8 Å². The first kappa shape index (κ1) is 16.6. The lowest BCUT2D eigenvalue weighted by Gasteiger charge is -2.21. The number of nitrogens with zero attached hydrogens (tertiary/aromatic N) is 1. The summed E-state index contributed by atoms with van der Waals surface area (Å²) in [4.78, 5) is 15.6. The average Bonchev–Trinajstić information content (AvgIpc) is 2.25. The number of para-hydroxylation sites is 1. The molecule has 0 bridgehead atoms. The lowest BCUT2D eigenvalue weighted by atomic mass is 10.3. The Labute approximate surface area is 122 Å². The second-order valence-electron chi connectivity index (χ2n) is 6.70. The molecule has 1 aromatic carbocycles. The van der Waals surface area contributed by atoms with E-state index in [1.807, 2.05) is 43.9 Å². The van der Waals surface area contributed by atoms with Crippen molar-refractivity contribution in [3.63, 3.8) is 0 Å². The van der Waals surface area contributed by atoms with Crippen LogP contribution < -0.4 is 5.19 Å². The number of rotatable bonds is 3. The van der Waals surface area contributed by atoms with Crippen molar-refractivity contribution in [3.05, 3.63) is 24.3 Å². The smallest absolute Gasteiger partial charge is 0.390 e. The van der Waals surface area contributed by atoms with Gasteiger partial charge >= 0.3 is 5.97 Å². The van der Waals surface area contributed by atoms with E-state index in [-0.39, 0.29) is 5.90 Å². The molecule has 0 radical (unpaired) electrons. The third-order valence-electron chi connectivity index (χ3n) is 2.52. The zero-order chi connectivity index (χ0) is 15.6. The van der Waals surface area contributed by atoms with E-state index in [9.17, 15) is 9.90 Å². The highest BCUT2D eigenvalue weighted by Gasteiger charge is 2.25. The van der Waals surface area contributed by atoms with Gasteiger partial charge in [-0.25, -0.2) is 9.79 Å². The van der Waals surface area contributed by atoms with E-state index < -0.39 is 22.4 Å². The molecular weight excluding hydrogens is 286 g/mol. The summed E-state index contributed by atoms with van der Waals surface area (Å²) in [6.45, 7) is 12.4. The number of hydrogen-bond donors (Lipinski definition) is 1. The Morgan fingerprint density at radius 3 is 2.10 bits per heavy atom. The van der Waals surface area contributed by atoms with Gasteiger partial charge in [-0.05, 0) is 30.9 Å². The number of benzene rings is 1. The molecule has 1 rings (SSSR count). The van der Waals surface area contributed by atoms with Crippen LogP contribution in [0, 0.1) is 0 Å². The Morgan fingerprint density at radius 1 is 1.10 bits per heavy atom. The Kier molecular flexibility index (Phi) is 4.93. The van der Waals surface area contributed by atoms with Crippen LogP contribution in [-0.2, 0) is 9.22 Å². The normalized spacial score (nSPS) is 13.2. The highest BCUT2D eigenvalue weighted by Crippen LogP contribution is 2.16. The Balaban J connectivity index is 3.29. The molecule has 20 heavy (non-hydrogen) atoms. The maximum atomic E-state index is 11.3. The molecule has 0 saturated carbocycles. The topological polar surface area (TPSA) is 58.9 Å². The lowest BCUT2D eigenvalue weighted by Crippen LogP contribution is -2.38. The molecule has 4 nitrogen and oxygen atoms in total. The summed E-state index contributed by atoms with van der Waals surface area (Å²) >= 11 is 0. The Morgan fingerprint density at radius 2 is 1.65 bits per heavy atom. The second-order valence-corrected chi connectivity index (χ2v) is 16.2. The Bertz CT molecular complexity index is 528. The van der Waals surface area contributed by atoms with Crippen LogP contribution in [0.4, 0.5) is 5.69 Å². The van der Waals surface area contributed by atoms with E-state index in [4.69, 9.17) is 4.43 Å². The minimum atomic E-state index is -2.00. The minimum absolute atomic E-state index is 0.199. The zero-order valence-corrected chi connectivity index (χ0v) is 15.0. The van der Waals surface area contributed by atoms with E-state index in [0.29, 0.717) is 5.69 Å². The number of aliphatic carboxylic acids is 1. The zero-order valence-electron chi connectivity index (χ0n) is 13.0. The quantitative estimate of drug-likeness (QED) is 0.530. The van der Waals surface area contributed by atoms with E-state index in [0.717, 1.165) is 5.19 Å². The molecule has 0 fully saturated rings. The predicted octanol–water partition coefficient (Wildman–Crippen LogP) is 3.20. The van der Waals surface area contributed by atoms with Crippen molar-refractivity contribution >= 4 is 39.1 Å². The van der Waals surface area contributed by atoms with Crippen molar-refractivity contribution < 1.29 is 14.3 Å². The van der Waals surface area contributed by atoms with Crippen LogP contribution in [-0.4, -0.2) is 33.4 Å². The SMILES string of the molecule is C[Si](C)(C)OC(=Nc1ccccc1[Si](C)(C)C)C(=O)O. The summed E-state index contributed by atoms with van der Waals surface area (Å²) in [6, 6.07) is 7.71. The molecule has 0 aliphatic heterocycles. The number of aliphatic imine (C=N–C) groups is 1. The number of carbonyl (C=O) groups is 1. The van der Waals surface area contributed by atoms with Crippen molar-refractivity contribution in [2.45, 2.75) is 39.3 Å². The fourth-order valence-electron chi connectivity index (χ4n) is 1.72. The summed E-state index contributed by atoms with van der Waals surface area (Å²) in [7, 11) is -3.58. The molecule has 0 atom stereocenters. The van der Waals surface area contributed by atoms with Crippen LogP contribution in [0.15, 0.2) is 29.3 Å². The number of hydrogen-bond acceptors (Lipinski definition) is 3. The molecule has 1 aromatic rings. The van der Waals surface area contributed by atoms with E-state index in [2.05, 4.69) is 24.6 Å². The van der Waals surface area contributed by atoms with Crippen molar-refractivity contribution in [1.29, 1.82) is 0 Å². The first-order valence-electron chi connectivity index (χ1n) is 6.61. The summed E-state index contributed by atoms with van der Waals surface area (Å²) < 4.78 is 5.58. The molecule has 0 aromatic heterocycles. The van der Waals surface area contributed by atoms with Crippen LogP contribution in [0.3, 0.4) is 0 Å². The van der Waals surface area contributed by atoms with Crippen molar-refractivity contribution in [1.82, 2.24) is 0 Å². The fourth-order valence-corrected chi connectivity index (χ4v) is 3.94. The highest BCUT2D eigenvalue weighted by molar-refractivity contribution is 6.89. The molecule has 1 N–H and O–H groups in total. The Hall–Kier alpha value is -1.41. The van der Waals surface area contributed by atoms with Gasteiger partial charge < -0.3 is 9.53 Å². The molecule has 0 saturated heterocycles. The molecule has 6 heteroatoms. The summed E-state index contributed by atoms with van der Waals surface area (Å²) in [5.74, 6) is -1.31. The molecule has 0 heterocycles. The van der Waals surface area contributed by atoms with Crippen LogP contribution in [0.25, 0.3) is 0 Å². The van der Waals surface area contributed by atoms with Gasteiger partial charge in [-0.3, -0.25) is 0 Å². The third-order valence-corrected chi connectivity index (χ3v) is 5.36. The van der Waals surface area contributed by atoms with Crippen molar-refractivity contribution in [3.8, 4) is 0 Å². The average molecular weight is 310 g/mol. The fraction of sp³-hybridized carbons (Fsp3) is 0.429. The predicted molar refractivity (Wildman–Crippen MR) is 88.6 cm³/mol. The monoisotopic (exact) mass is 309 g/mol. The molecule has 0 unspecified atom stereocenters. The summed E-state index contributed by atoms with van der Waals surface area (Å²) in [5, 5.41) is 10.4. The van der Waals surface area contributed by atoms with Gasteiger partial charge in [0.2, 0.25) is 8.32 Å². The molecule has 0 spiro atoms. The first-order chi connectivity index (χ1) is 9.00. The standard InChI is InChI=1S/C14H23NO3Si2/c1-19(2,3)12-10-8-7-9-11(12)15-13(14(16)17)18-20(4,5)6/h7-10H,1-6H3,(H,16,17). The maximum Gasteiger partial charge on any atom is 0.390 e. The van der Waals surface area contributed by atoms with Gasteiger partial charge in [0.1, 0.15) is 0 Å². The van der Waals surface area contributed by atoms with Crippen LogP contribution in [0.1, 0.15) is 0 Å². The van der Waals surface area contributed by atoms with Crippen LogP contribution in [0.2, 0.25) is 39.3 Å². The molecule has 110 valence electrons. The van der Waals surface area contributed by atoms with E-state index in [1.54, 1.807) is 0 Å². The van der Waals surface area contributed by atoms with Crippen LogP contribution >= 0.6 is 0 Å². The van der Waals surface area contributed by atoms with E-state index in [1.165, 1.54) is 0 Å². The van der Waals surface area contributed by atoms with Gasteiger partial charge in [-0.15, -0.1) is 0 Å². The van der Waals surface area contributed by atoms with E-state index >= 15 is 0 Å². The second kappa shape index (κ2) is 5.93. The molecule has 0 aliphatic carbocycles. The number of carboxylic acid groups (broad SMARTS) is 1. The molecular formula is C14H23NO3Si2. The third kappa shape index (κ3) is 4.94. The van der Waals surface area contributed by atoms with Gasteiger partial charge in [0.15, 0.2) is 0 Å². The van der Waals surface area contributed by atoms with Gasteiger partial charge in [0.25, 0.3) is 5.90 Å². The summed E-state index contributed by atoms with van der Waals surface area (Å²) in [6.07, 6.45) is 0. The first-order valence-corrected chi connectivity index (χ1v) is 13.5. The maximum absolute atomic E-state index is 11.3. The summed E-state index contributed by atoms with van der Waals surface area (Å²) in [5.41, 5.74) is 0.710. The lowest BCUT2D eigenvalue weighted by molar-refractivity contribution is -0.130. The van der Waals surface area contributed by atoms with Crippen LogP contribution in [0.5, 0.6) is 0 Å². The van der Waals surface area contributed by atoms with Gasteiger partial charge in [-0.1, -0.05) is 37.8 Å². The largest absolute Gasteiger partial charge is 0.526 e. The van der Waals surface area contributed by atoms with Crippen molar-refractivity contribution in [2.24, 2.45) is 4.99 Å². The minimum Gasteiger partial charge on any atom is -0.526 e. The van der Waals surface area contributed by atoms with Gasteiger partial charge in [-0.2, -0.15) is 0 Å². The molecule has 0 amide bonds. The highest BCUT2D eigenvalue weighted by atomic mass is 28.4. The van der Waals surface area contributed by atoms with Crippen molar-refractivity contribution in [2.75, 3.05) is 0 Å². The molecule has 0 aliphatic rings. The van der Waals surface area contributed by atoms with Gasteiger partial charge in [0, 0.05) is 0 Å². The number of carboxylic acids is 1.